The number of hydrogen-bond acceptors (Lipinski definition) is 1. The van der Waals surface area contributed by atoms with Gasteiger partial charge in [0.2, 0.25) is 6.86 Å². The molecule has 1 saturated carbocycles. The van der Waals surface area contributed by atoms with Crippen LogP contribution in [-0.4, -0.2) is 6.86 Å². The second-order valence-corrected chi connectivity index (χ2v) is 3.41. The number of halogens is 1. The van der Waals surface area contributed by atoms with Gasteiger partial charge in [-0.25, -0.2) is 4.39 Å². The van der Waals surface area contributed by atoms with Crippen molar-refractivity contribution in [3.8, 4) is 0 Å². The fourth-order valence-electron chi connectivity index (χ4n) is 1.79. The highest BCUT2D eigenvalue weighted by molar-refractivity contribution is 5.15. The minimum absolute atomic E-state index is 0.519. The van der Waals surface area contributed by atoms with Gasteiger partial charge in [-0.3, -0.25) is 0 Å². The Hall–Kier alpha value is -0.790. The topological polar surface area (TPSA) is 9.23 Å². The number of allylic oxidation sites excluding steroid dienone is 4. The number of hydrogen-bond donors (Lipinski definition) is 0. The summed E-state index contributed by atoms with van der Waals surface area (Å²) in [6.45, 7) is -0.682. The predicted octanol–water partition coefficient (Wildman–Crippen LogP) is 2.80. The summed E-state index contributed by atoms with van der Waals surface area (Å²) >= 11 is 0. The molecule has 2 rings (SSSR count). The molecule has 0 amide bonds. The average Bonchev–Trinajstić information content (AvgIpc) is 2.76. The molecule has 0 aromatic rings. The van der Waals surface area contributed by atoms with Crippen molar-refractivity contribution in [2.24, 2.45) is 11.8 Å². The molecular formula is C10H13FO. The van der Waals surface area contributed by atoms with Gasteiger partial charge < -0.3 is 4.74 Å². The molecule has 0 aliphatic heterocycles. The van der Waals surface area contributed by atoms with Crippen LogP contribution in [0.4, 0.5) is 4.39 Å². The third-order valence-electron chi connectivity index (χ3n) is 2.57. The summed E-state index contributed by atoms with van der Waals surface area (Å²) in [6, 6.07) is 0. The van der Waals surface area contributed by atoms with Crippen LogP contribution in [0.15, 0.2) is 24.0 Å². The van der Waals surface area contributed by atoms with Crippen molar-refractivity contribution in [1.82, 2.24) is 0 Å². The van der Waals surface area contributed by atoms with E-state index < -0.39 is 6.86 Å². The first-order valence-corrected chi connectivity index (χ1v) is 4.45. The zero-order valence-electron chi connectivity index (χ0n) is 7.00. The first kappa shape index (κ1) is 7.84. The van der Waals surface area contributed by atoms with Gasteiger partial charge in [-0.1, -0.05) is 12.2 Å². The monoisotopic (exact) mass is 168 g/mol. The van der Waals surface area contributed by atoms with E-state index in [9.17, 15) is 4.39 Å². The summed E-state index contributed by atoms with van der Waals surface area (Å²) in [5.74, 6) is 2.12. The van der Waals surface area contributed by atoms with Gasteiger partial charge in [-0.15, -0.1) is 0 Å². The minimum atomic E-state index is -0.682. The molecule has 1 fully saturated rings. The SMILES string of the molecule is FCOC1=CCC=CCC2CC12. The van der Waals surface area contributed by atoms with Crippen molar-refractivity contribution in [2.45, 2.75) is 19.3 Å². The van der Waals surface area contributed by atoms with Gasteiger partial charge in [0.15, 0.2) is 0 Å². The Morgan fingerprint density at radius 3 is 3.25 bits per heavy atom. The molecule has 0 aromatic carbocycles. The molecule has 1 nitrogen and oxygen atoms in total. The van der Waals surface area contributed by atoms with E-state index in [4.69, 9.17) is 4.74 Å². The fourth-order valence-corrected chi connectivity index (χ4v) is 1.79. The second-order valence-electron chi connectivity index (χ2n) is 3.41. The average molecular weight is 168 g/mol. The fraction of sp³-hybridized carbons (Fsp3) is 0.600. The molecule has 0 spiro atoms. The Morgan fingerprint density at radius 1 is 1.50 bits per heavy atom. The molecular weight excluding hydrogens is 155 g/mol. The molecule has 2 heteroatoms. The van der Waals surface area contributed by atoms with Crippen LogP contribution in [-0.2, 0) is 4.74 Å². The van der Waals surface area contributed by atoms with E-state index in [-0.39, 0.29) is 0 Å². The van der Waals surface area contributed by atoms with Gasteiger partial charge >= 0.3 is 0 Å². The summed E-state index contributed by atoms with van der Waals surface area (Å²) in [4.78, 5) is 0. The van der Waals surface area contributed by atoms with E-state index in [1.54, 1.807) is 0 Å². The highest BCUT2D eigenvalue weighted by Crippen LogP contribution is 2.47. The Kier molecular flexibility index (Phi) is 2.15. The molecule has 0 heterocycles. The molecule has 2 aliphatic rings. The number of ether oxygens (including phenoxy) is 1. The molecule has 0 bridgehead atoms. The van der Waals surface area contributed by atoms with Crippen LogP contribution in [0.2, 0.25) is 0 Å². The van der Waals surface area contributed by atoms with Gasteiger partial charge in [0.1, 0.15) is 0 Å². The van der Waals surface area contributed by atoms with E-state index in [1.807, 2.05) is 6.08 Å². The summed E-state index contributed by atoms with van der Waals surface area (Å²) < 4.78 is 16.9. The van der Waals surface area contributed by atoms with Gasteiger partial charge in [0, 0.05) is 5.92 Å². The number of fused-ring (bicyclic) bond motifs is 1. The largest absolute Gasteiger partial charge is 0.467 e. The standard InChI is InChI=1S/C10H13FO/c11-7-12-10-5-3-1-2-4-8-6-9(8)10/h1-2,5,8-9H,3-4,6-7H2. The van der Waals surface area contributed by atoms with Crippen LogP contribution in [0.5, 0.6) is 0 Å². The first-order chi connectivity index (χ1) is 5.92. The minimum Gasteiger partial charge on any atom is -0.467 e. The van der Waals surface area contributed by atoms with Crippen LogP contribution >= 0.6 is 0 Å². The maximum Gasteiger partial charge on any atom is 0.228 e. The summed E-state index contributed by atoms with van der Waals surface area (Å²) in [5.41, 5.74) is 0. The van der Waals surface area contributed by atoms with E-state index in [0.717, 1.165) is 24.5 Å². The molecule has 2 aliphatic carbocycles. The highest BCUT2D eigenvalue weighted by atomic mass is 19.1. The maximum absolute atomic E-state index is 11.9. The lowest BCUT2D eigenvalue weighted by Gasteiger charge is -2.07. The van der Waals surface area contributed by atoms with E-state index in [2.05, 4.69) is 12.2 Å². The lowest BCUT2D eigenvalue weighted by atomic mass is 10.1. The van der Waals surface area contributed by atoms with Crippen molar-refractivity contribution in [3.63, 3.8) is 0 Å². The van der Waals surface area contributed by atoms with E-state index >= 15 is 0 Å². The van der Waals surface area contributed by atoms with Crippen molar-refractivity contribution in [3.05, 3.63) is 24.0 Å². The third kappa shape index (κ3) is 1.52. The molecule has 66 valence electrons. The Labute approximate surface area is 71.9 Å². The maximum atomic E-state index is 11.9. The Bertz CT molecular complexity index is 220. The molecule has 2 atom stereocenters. The molecule has 0 saturated heterocycles. The number of rotatable bonds is 2. The quantitative estimate of drug-likeness (QED) is 0.576. The Balaban J connectivity index is 2.03. The predicted molar refractivity (Wildman–Crippen MR) is 45.1 cm³/mol. The zero-order valence-corrected chi connectivity index (χ0v) is 7.00. The molecule has 2 unspecified atom stereocenters. The summed E-state index contributed by atoms with van der Waals surface area (Å²) in [6.07, 6.45) is 9.54. The highest BCUT2D eigenvalue weighted by Gasteiger charge is 2.40. The molecule has 12 heavy (non-hydrogen) atoms. The summed E-state index contributed by atoms with van der Waals surface area (Å²) in [7, 11) is 0. The molecule has 0 N–H and O–H groups in total. The van der Waals surface area contributed by atoms with Gasteiger partial charge in [-0.05, 0) is 31.3 Å². The van der Waals surface area contributed by atoms with E-state index in [0.29, 0.717) is 5.92 Å². The van der Waals surface area contributed by atoms with Gasteiger partial charge in [-0.2, -0.15) is 0 Å². The normalized spacial score (nSPS) is 32.9. The van der Waals surface area contributed by atoms with Gasteiger partial charge in [0.05, 0.1) is 5.76 Å². The van der Waals surface area contributed by atoms with Crippen LogP contribution in [0.1, 0.15) is 19.3 Å². The third-order valence-corrected chi connectivity index (χ3v) is 2.57. The number of alkyl halides is 1. The van der Waals surface area contributed by atoms with Crippen LogP contribution in [0.25, 0.3) is 0 Å². The lowest BCUT2D eigenvalue weighted by Crippen LogP contribution is -1.96. The van der Waals surface area contributed by atoms with Crippen LogP contribution < -0.4 is 0 Å². The first-order valence-electron chi connectivity index (χ1n) is 4.45. The van der Waals surface area contributed by atoms with Crippen molar-refractivity contribution in [1.29, 1.82) is 0 Å². The van der Waals surface area contributed by atoms with Gasteiger partial charge in [0.25, 0.3) is 0 Å². The van der Waals surface area contributed by atoms with Crippen LogP contribution in [0, 0.1) is 11.8 Å². The molecule has 0 aromatic heterocycles. The zero-order chi connectivity index (χ0) is 8.39. The van der Waals surface area contributed by atoms with Crippen LogP contribution in [0.3, 0.4) is 0 Å². The van der Waals surface area contributed by atoms with Crippen molar-refractivity contribution in [2.75, 3.05) is 6.86 Å². The lowest BCUT2D eigenvalue weighted by molar-refractivity contribution is 0.103. The summed E-state index contributed by atoms with van der Waals surface area (Å²) in [5, 5.41) is 0. The van der Waals surface area contributed by atoms with Crippen molar-refractivity contribution >= 4 is 0 Å². The van der Waals surface area contributed by atoms with Crippen molar-refractivity contribution < 1.29 is 9.13 Å². The van der Waals surface area contributed by atoms with E-state index in [1.165, 1.54) is 6.42 Å². The molecule has 0 radical (unpaired) electrons. The Morgan fingerprint density at radius 2 is 2.42 bits per heavy atom. The second kappa shape index (κ2) is 3.30. The smallest absolute Gasteiger partial charge is 0.228 e.